The third-order valence-electron chi connectivity index (χ3n) is 3.96. The lowest BCUT2D eigenvalue weighted by atomic mass is 9.99. The van der Waals surface area contributed by atoms with E-state index in [2.05, 4.69) is 49.3 Å². The first-order chi connectivity index (χ1) is 9.16. The van der Waals surface area contributed by atoms with E-state index in [4.69, 9.17) is 0 Å². The van der Waals surface area contributed by atoms with Crippen LogP contribution in [0.2, 0.25) is 0 Å². The zero-order chi connectivity index (χ0) is 13.7. The molecule has 0 aromatic heterocycles. The van der Waals surface area contributed by atoms with E-state index in [0.717, 1.165) is 19.0 Å². The molecular weight excluding hydrogens is 232 g/mol. The van der Waals surface area contributed by atoms with Gasteiger partial charge < -0.3 is 10.2 Å². The highest BCUT2D eigenvalue weighted by molar-refractivity contribution is 5.56. The minimum absolute atomic E-state index is 0.820. The summed E-state index contributed by atoms with van der Waals surface area (Å²) >= 11 is 0. The van der Waals surface area contributed by atoms with Crippen molar-refractivity contribution in [2.45, 2.75) is 46.1 Å². The van der Waals surface area contributed by atoms with Gasteiger partial charge in [0.25, 0.3) is 0 Å². The Morgan fingerprint density at radius 3 is 2.95 bits per heavy atom. The van der Waals surface area contributed by atoms with Crippen molar-refractivity contribution in [1.29, 1.82) is 0 Å². The number of nitrogens with zero attached hydrogens (tertiary/aromatic N) is 1. The normalized spacial score (nSPS) is 14.8. The van der Waals surface area contributed by atoms with E-state index in [1.807, 2.05) is 0 Å². The summed E-state index contributed by atoms with van der Waals surface area (Å²) in [6, 6.07) is 6.95. The minimum Gasteiger partial charge on any atom is -0.374 e. The molecule has 2 nitrogen and oxygen atoms in total. The van der Waals surface area contributed by atoms with Crippen molar-refractivity contribution >= 4 is 5.69 Å². The average molecular weight is 260 g/mol. The van der Waals surface area contributed by atoms with Crippen molar-refractivity contribution in [1.82, 2.24) is 5.32 Å². The molecule has 1 N–H and O–H groups in total. The Kier molecular flexibility index (Phi) is 5.26. The number of hydrogen-bond donors (Lipinski definition) is 1. The molecule has 0 amide bonds. The lowest BCUT2D eigenvalue weighted by molar-refractivity contribution is 0.527. The summed E-state index contributed by atoms with van der Waals surface area (Å²) in [7, 11) is 2.20. The minimum atomic E-state index is 0.820. The molecule has 0 unspecified atom stereocenters. The molecule has 1 aliphatic rings. The van der Waals surface area contributed by atoms with Crippen LogP contribution in [0.25, 0.3) is 0 Å². The summed E-state index contributed by atoms with van der Waals surface area (Å²) in [5.74, 6) is 0.820. The van der Waals surface area contributed by atoms with Gasteiger partial charge in [0.15, 0.2) is 0 Å². The molecule has 2 heteroatoms. The molecule has 0 atom stereocenters. The van der Waals surface area contributed by atoms with Crippen LogP contribution in [-0.2, 0) is 13.0 Å². The summed E-state index contributed by atoms with van der Waals surface area (Å²) in [4.78, 5) is 2.37. The average Bonchev–Trinajstić information content (AvgIpc) is 2.38. The van der Waals surface area contributed by atoms with Crippen molar-refractivity contribution in [3.05, 3.63) is 29.3 Å². The largest absolute Gasteiger partial charge is 0.374 e. The molecule has 0 aliphatic carbocycles. The number of hydrogen-bond acceptors (Lipinski definition) is 2. The maximum atomic E-state index is 3.56. The Morgan fingerprint density at radius 2 is 2.16 bits per heavy atom. The second kappa shape index (κ2) is 6.95. The first-order valence-corrected chi connectivity index (χ1v) is 7.70. The lowest BCUT2D eigenvalue weighted by Gasteiger charge is -2.27. The third-order valence-corrected chi connectivity index (χ3v) is 3.96. The summed E-state index contributed by atoms with van der Waals surface area (Å²) in [5, 5.41) is 3.56. The van der Waals surface area contributed by atoms with Gasteiger partial charge in [-0.3, -0.25) is 0 Å². The quantitative estimate of drug-likeness (QED) is 0.786. The summed E-state index contributed by atoms with van der Waals surface area (Å²) in [6.45, 7) is 7.92. The van der Waals surface area contributed by atoms with Crippen LogP contribution < -0.4 is 10.2 Å². The van der Waals surface area contributed by atoms with E-state index in [-0.39, 0.29) is 0 Å². The van der Waals surface area contributed by atoms with Crippen molar-refractivity contribution in [3.8, 4) is 0 Å². The van der Waals surface area contributed by atoms with E-state index < -0.39 is 0 Å². The van der Waals surface area contributed by atoms with Gasteiger partial charge in [-0.15, -0.1) is 0 Å². The molecule has 0 bridgehead atoms. The Morgan fingerprint density at radius 1 is 1.32 bits per heavy atom. The van der Waals surface area contributed by atoms with Gasteiger partial charge in [0.05, 0.1) is 0 Å². The van der Waals surface area contributed by atoms with Gasteiger partial charge in [-0.1, -0.05) is 26.0 Å². The van der Waals surface area contributed by atoms with Crippen LogP contribution in [0.4, 0.5) is 5.69 Å². The monoisotopic (exact) mass is 260 g/mol. The van der Waals surface area contributed by atoms with Gasteiger partial charge in [0.2, 0.25) is 0 Å². The third kappa shape index (κ3) is 4.24. The van der Waals surface area contributed by atoms with Gasteiger partial charge in [-0.25, -0.2) is 0 Å². The number of rotatable bonds is 6. The van der Waals surface area contributed by atoms with Crippen LogP contribution in [0.1, 0.15) is 44.2 Å². The molecule has 1 aromatic rings. The van der Waals surface area contributed by atoms with Crippen molar-refractivity contribution in [2.24, 2.45) is 5.92 Å². The van der Waals surface area contributed by atoms with E-state index in [1.54, 1.807) is 0 Å². The smallest absolute Gasteiger partial charge is 0.0396 e. The highest BCUT2D eigenvalue weighted by Gasteiger charge is 2.13. The fourth-order valence-electron chi connectivity index (χ4n) is 2.82. The number of aryl methyl sites for hydroxylation is 1. The van der Waals surface area contributed by atoms with Gasteiger partial charge in [0, 0.05) is 25.8 Å². The zero-order valence-corrected chi connectivity index (χ0v) is 12.7. The SMILES string of the molecule is CC(C)CCCNCc1ccc2c(c1)CCCN2C. The zero-order valence-electron chi connectivity index (χ0n) is 12.7. The topological polar surface area (TPSA) is 15.3 Å². The summed E-state index contributed by atoms with van der Waals surface area (Å²) in [6.07, 6.45) is 5.13. The number of fused-ring (bicyclic) bond motifs is 1. The van der Waals surface area contributed by atoms with Crippen molar-refractivity contribution < 1.29 is 0 Å². The highest BCUT2D eigenvalue weighted by atomic mass is 15.1. The maximum Gasteiger partial charge on any atom is 0.0396 e. The molecular formula is C17H28N2. The maximum absolute atomic E-state index is 3.56. The standard InChI is InChI=1S/C17H28N2/c1-14(2)6-4-10-18-13-15-8-9-17-16(12-15)7-5-11-19(17)3/h8-9,12,14,18H,4-7,10-11,13H2,1-3H3. The summed E-state index contributed by atoms with van der Waals surface area (Å²) in [5.41, 5.74) is 4.38. The first kappa shape index (κ1) is 14.4. The van der Waals surface area contributed by atoms with Gasteiger partial charge in [-0.05, 0) is 55.3 Å². The molecule has 1 aliphatic heterocycles. The van der Waals surface area contributed by atoms with E-state index >= 15 is 0 Å². The number of nitrogens with one attached hydrogen (secondary N) is 1. The van der Waals surface area contributed by atoms with Crippen LogP contribution in [-0.4, -0.2) is 20.1 Å². The van der Waals surface area contributed by atoms with Crippen molar-refractivity contribution in [2.75, 3.05) is 25.0 Å². The Labute approximate surface area is 118 Å². The van der Waals surface area contributed by atoms with Gasteiger partial charge >= 0.3 is 0 Å². The molecule has 106 valence electrons. The number of anilines is 1. The molecule has 0 radical (unpaired) electrons. The van der Waals surface area contributed by atoms with Crippen LogP contribution in [0.5, 0.6) is 0 Å². The van der Waals surface area contributed by atoms with Crippen molar-refractivity contribution in [3.63, 3.8) is 0 Å². The van der Waals surface area contributed by atoms with E-state index in [0.29, 0.717) is 0 Å². The Bertz CT molecular complexity index is 398. The summed E-state index contributed by atoms with van der Waals surface area (Å²) < 4.78 is 0. The Balaban J connectivity index is 1.81. The van der Waals surface area contributed by atoms with E-state index in [1.165, 1.54) is 49.0 Å². The molecule has 19 heavy (non-hydrogen) atoms. The molecule has 1 heterocycles. The predicted molar refractivity (Wildman–Crippen MR) is 83.8 cm³/mol. The first-order valence-electron chi connectivity index (χ1n) is 7.70. The van der Waals surface area contributed by atoms with Crippen LogP contribution >= 0.6 is 0 Å². The predicted octanol–water partition coefficient (Wildman–Crippen LogP) is 3.59. The van der Waals surface area contributed by atoms with E-state index in [9.17, 15) is 0 Å². The second-order valence-electron chi connectivity index (χ2n) is 6.20. The lowest BCUT2D eigenvalue weighted by Crippen LogP contribution is -2.25. The second-order valence-corrected chi connectivity index (χ2v) is 6.20. The van der Waals surface area contributed by atoms with Gasteiger partial charge in [-0.2, -0.15) is 0 Å². The van der Waals surface area contributed by atoms with Crippen LogP contribution in [0.3, 0.4) is 0 Å². The molecule has 2 rings (SSSR count). The Hall–Kier alpha value is -1.02. The molecule has 0 spiro atoms. The molecule has 0 saturated carbocycles. The molecule has 0 saturated heterocycles. The number of benzene rings is 1. The molecule has 1 aromatic carbocycles. The molecule has 0 fully saturated rings. The fourth-order valence-corrected chi connectivity index (χ4v) is 2.82. The van der Waals surface area contributed by atoms with Crippen LogP contribution in [0.15, 0.2) is 18.2 Å². The highest BCUT2D eigenvalue weighted by Crippen LogP contribution is 2.26. The van der Waals surface area contributed by atoms with Gasteiger partial charge in [0.1, 0.15) is 0 Å². The van der Waals surface area contributed by atoms with Crippen LogP contribution in [0, 0.1) is 5.92 Å². The fraction of sp³-hybridized carbons (Fsp3) is 0.647.